The summed E-state index contributed by atoms with van der Waals surface area (Å²) in [5.41, 5.74) is 0.558. The van der Waals surface area contributed by atoms with Crippen molar-refractivity contribution in [3.05, 3.63) is 45.9 Å². The number of thiazole rings is 1. The smallest absolute Gasteiger partial charge is 0.258 e. The van der Waals surface area contributed by atoms with Crippen LogP contribution in [0.4, 0.5) is 0 Å². The van der Waals surface area contributed by atoms with Gasteiger partial charge in [0.05, 0.1) is 23.2 Å². The van der Waals surface area contributed by atoms with Gasteiger partial charge in [0, 0.05) is 11.1 Å². The lowest BCUT2D eigenvalue weighted by atomic mass is 10.2. The summed E-state index contributed by atoms with van der Waals surface area (Å²) < 4.78 is 5.33. The van der Waals surface area contributed by atoms with E-state index in [-0.39, 0.29) is 12.5 Å². The predicted octanol–water partition coefficient (Wildman–Crippen LogP) is 2.02. The number of carbonyl (C=O) groups is 1. The van der Waals surface area contributed by atoms with E-state index < -0.39 is 0 Å². The van der Waals surface area contributed by atoms with Crippen LogP contribution in [0.25, 0.3) is 0 Å². The van der Waals surface area contributed by atoms with Crippen LogP contribution in [0, 0.1) is 18.3 Å². The number of hydrogen-bond acceptors (Lipinski definition) is 5. The number of rotatable bonds is 5. The van der Waals surface area contributed by atoms with E-state index >= 15 is 0 Å². The van der Waals surface area contributed by atoms with E-state index in [9.17, 15) is 4.79 Å². The first-order valence-electron chi connectivity index (χ1n) is 5.98. The first kappa shape index (κ1) is 14.0. The normalized spacial score (nSPS) is 9.80. The number of nitrogens with one attached hydrogen (secondary N) is 1. The monoisotopic (exact) mass is 287 g/mol. The zero-order valence-electron chi connectivity index (χ0n) is 10.9. The van der Waals surface area contributed by atoms with Crippen LogP contribution < -0.4 is 10.1 Å². The summed E-state index contributed by atoms with van der Waals surface area (Å²) in [5.74, 6) is 0.369. The van der Waals surface area contributed by atoms with Gasteiger partial charge in [0.1, 0.15) is 5.75 Å². The second-order valence-electron chi connectivity index (χ2n) is 4.05. The standard InChI is InChI=1S/C14H13N3O2S/c1-10-16-7-13(20-10)8-17-14(18)9-19-12-4-2-11(6-15)3-5-12/h2-5,7H,8-9H2,1H3,(H,17,18). The van der Waals surface area contributed by atoms with E-state index in [1.54, 1.807) is 41.8 Å². The third-order valence-corrected chi connectivity index (χ3v) is 3.40. The van der Waals surface area contributed by atoms with Crippen LogP contribution >= 0.6 is 11.3 Å². The molecule has 1 amide bonds. The van der Waals surface area contributed by atoms with Gasteiger partial charge in [-0.2, -0.15) is 5.26 Å². The Labute approximate surface area is 120 Å². The van der Waals surface area contributed by atoms with Crippen molar-refractivity contribution in [2.45, 2.75) is 13.5 Å². The second-order valence-corrected chi connectivity index (χ2v) is 5.37. The van der Waals surface area contributed by atoms with Gasteiger partial charge in [0.2, 0.25) is 0 Å². The molecular weight excluding hydrogens is 274 g/mol. The number of carbonyl (C=O) groups excluding carboxylic acids is 1. The Balaban J connectivity index is 1.75. The van der Waals surface area contributed by atoms with Crippen LogP contribution in [0.1, 0.15) is 15.4 Å². The quantitative estimate of drug-likeness (QED) is 0.913. The second kappa shape index (κ2) is 6.68. The Kier molecular flexibility index (Phi) is 4.69. The highest BCUT2D eigenvalue weighted by Gasteiger charge is 2.04. The molecule has 0 spiro atoms. The van der Waals surface area contributed by atoms with Gasteiger partial charge in [-0.15, -0.1) is 11.3 Å². The molecule has 0 radical (unpaired) electrons. The molecule has 0 aliphatic carbocycles. The van der Waals surface area contributed by atoms with Crippen LogP contribution in [-0.2, 0) is 11.3 Å². The van der Waals surface area contributed by atoms with Crippen molar-refractivity contribution in [2.24, 2.45) is 0 Å². The first-order chi connectivity index (χ1) is 9.67. The number of hydrogen-bond donors (Lipinski definition) is 1. The topological polar surface area (TPSA) is 75.0 Å². The number of aryl methyl sites for hydroxylation is 1. The minimum Gasteiger partial charge on any atom is -0.484 e. The van der Waals surface area contributed by atoms with Crippen LogP contribution in [0.2, 0.25) is 0 Å². The number of amides is 1. The first-order valence-corrected chi connectivity index (χ1v) is 6.80. The van der Waals surface area contributed by atoms with Crippen molar-refractivity contribution in [1.29, 1.82) is 5.26 Å². The molecule has 0 aliphatic rings. The maximum Gasteiger partial charge on any atom is 0.258 e. The molecule has 0 saturated heterocycles. The van der Waals surface area contributed by atoms with E-state index in [4.69, 9.17) is 10.00 Å². The molecule has 1 N–H and O–H groups in total. The van der Waals surface area contributed by atoms with Gasteiger partial charge in [0.15, 0.2) is 6.61 Å². The van der Waals surface area contributed by atoms with Crippen molar-refractivity contribution in [3.8, 4) is 11.8 Å². The molecule has 0 unspecified atom stereocenters. The molecule has 0 fully saturated rings. The molecule has 1 aromatic carbocycles. The fourth-order valence-corrected chi connectivity index (χ4v) is 2.23. The Morgan fingerprint density at radius 2 is 2.20 bits per heavy atom. The lowest BCUT2D eigenvalue weighted by Gasteiger charge is -2.06. The number of nitriles is 1. The summed E-state index contributed by atoms with van der Waals surface area (Å²) in [7, 11) is 0. The maximum absolute atomic E-state index is 11.6. The van der Waals surface area contributed by atoms with Crippen molar-refractivity contribution in [1.82, 2.24) is 10.3 Å². The lowest BCUT2D eigenvalue weighted by molar-refractivity contribution is -0.123. The third kappa shape index (κ3) is 4.07. The number of nitrogens with zero attached hydrogens (tertiary/aromatic N) is 2. The largest absolute Gasteiger partial charge is 0.484 e. The van der Waals surface area contributed by atoms with Gasteiger partial charge < -0.3 is 10.1 Å². The average molecular weight is 287 g/mol. The molecule has 2 rings (SSSR count). The zero-order valence-corrected chi connectivity index (χ0v) is 11.7. The Morgan fingerprint density at radius 1 is 1.45 bits per heavy atom. The highest BCUT2D eigenvalue weighted by Crippen LogP contribution is 2.12. The van der Waals surface area contributed by atoms with Gasteiger partial charge in [0.25, 0.3) is 5.91 Å². The minimum atomic E-state index is -0.194. The Hall–Kier alpha value is -2.39. The van der Waals surface area contributed by atoms with Crippen molar-refractivity contribution in [3.63, 3.8) is 0 Å². The summed E-state index contributed by atoms with van der Waals surface area (Å²) in [5, 5.41) is 12.4. The van der Waals surface area contributed by atoms with Crippen molar-refractivity contribution >= 4 is 17.2 Å². The summed E-state index contributed by atoms with van der Waals surface area (Å²) in [6, 6.07) is 8.64. The summed E-state index contributed by atoms with van der Waals surface area (Å²) in [6.45, 7) is 2.33. The van der Waals surface area contributed by atoms with Crippen LogP contribution in [0.5, 0.6) is 5.75 Å². The Morgan fingerprint density at radius 3 is 2.80 bits per heavy atom. The number of ether oxygens (including phenoxy) is 1. The van der Waals surface area contributed by atoms with Gasteiger partial charge in [-0.25, -0.2) is 4.98 Å². The molecule has 20 heavy (non-hydrogen) atoms. The minimum absolute atomic E-state index is 0.0519. The number of benzene rings is 1. The van der Waals surface area contributed by atoms with Crippen LogP contribution in [0.15, 0.2) is 30.5 Å². The van der Waals surface area contributed by atoms with Gasteiger partial charge >= 0.3 is 0 Å². The van der Waals surface area contributed by atoms with Crippen LogP contribution in [0.3, 0.4) is 0 Å². The molecular formula is C14H13N3O2S. The molecule has 0 aliphatic heterocycles. The highest BCUT2D eigenvalue weighted by atomic mass is 32.1. The molecule has 1 aromatic heterocycles. The predicted molar refractivity (Wildman–Crippen MR) is 75.3 cm³/mol. The molecule has 6 heteroatoms. The fraction of sp³-hybridized carbons (Fsp3) is 0.214. The fourth-order valence-electron chi connectivity index (χ4n) is 1.50. The summed E-state index contributed by atoms with van der Waals surface area (Å²) >= 11 is 1.55. The summed E-state index contributed by atoms with van der Waals surface area (Å²) in [4.78, 5) is 16.7. The van der Waals surface area contributed by atoms with E-state index in [1.165, 1.54) is 0 Å². The lowest BCUT2D eigenvalue weighted by Crippen LogP contribution is -2.28. The van der Waals surface area contributed by atoms with Gasteiger partial charge in [-0.3, -0.25) is 4.79 Å². The van der Waals surface area contributed by atoms with Crippen LogP contribution in [-0.4, -0.2) is 17.5 Å². The molecule has 1 heterocycles. The van der Waals surface area contributed by atoms with E-state index in [0.29, 0.717) is 17.9 Å². The molecule has 102 valence electrons. The van der Waals surface area contributed by atoms with Gasteiger partial charge in [-0.05, 0) is 31.2 Å². The van der Waals surface area contributed by atoms with Crippen molar-refractivity contribution < 1.29 is 9.53 Å². The third-order valence-electron chi connectivity index (χ3n) is 2.48. The van der Waals surface area contributed by atoms with E-state index in [0.717, 1.165) is 9.88 Å². The average Bonchev–Trinajstić information content (AvgIpc) is 2.89. The molecule has 0 bridgehead atoms. The highest BCUT2D eigenvalue weighted by molar-refractivity contribution is 7.11. The SMILES string of the molecule is Cc1ncc(CNC(=O)COc2ccc(C#N)cc2)s1. The zero-order chi connectivity index (χ0) is 14.4. The van der Waals surface area contributed by atoms with E-state index in [1.807, 2.05) is 13.0 Å². The molecule has 0 saturated carbocycles. The summed E-state index contributed by atoms with van der Waals surface area (Å²) in [6.07, 6.45) is 1.75. The maximum atomic E-state index is 11.6. The molecule has 2 aromatic rings. The number of aromatic nitrogens is 1. The Bertz CT molecular complexity index is 629. The molecule has 5 nitrogen and oxygen atoms in total. The molecule has 0 atom stereocenters. The van der Waals surface area contributed by atoms with E-state index in [2.05, 4.69) is 10.3 Å². The van der Waals surface area contributed by atoms with Gasteiger partial charge in [-0.1, -0.05) is 0 Å². The van der Waals surface area contributed by atoms with Crippen molar-refractivity contribution in [2.75, 3.05) is 6.61 Å².